The first-order chi connectivity index (χ1) is 8.25. The maximum Gasteiger partial charge on any atom is 0.427 e. The highest BCUT2D eigenvalue weighted by molar-refractivity contribution is 5.12. The summed E-state index contributed by atoms with van der Waals surface area (Å²) in [5.74, 6) is 0. The largest absolute Gasteiger partial charge is 0.427 e. The molecule has 0 fully saturated rings. The molecular weight excluding hydrogens is 328 g/mol. The average molecular weight is 332 g/mol. The number of hydrogen-bond donors (Lipinski definition) is 1. The summed E-state index contributed by atoms with van der Waals surface area (Å²) in [4.78, 5) is 0. The SMILES string of the molecule is CC(C(F)(F)F)(C(F)(F)F)C(O)(C(F)(F)F)C(F)(F)F. The number of rotatable bonds is 1. The van der Waals surface area contributed by atoms with Gasteiger partial charge in [-0.2, -0.15) is 52.7 Å². The minimum absolute atomic E-state index is 1.41. The summed E-state index contributed by atoms with van der Waals surface area (Å²) >= 11 is 0. The minimum atomic E-state index is -7.27. The molecule has 0 unspecified atom stereocenters. The molecule has 0 radical (unpaired) electrons. The zero-order chi connectivity index (χ0) is 17.0. The predicted molar refractivity (Wildman–Crippen MR) is 37.3 cm³/mol. The van der Waals surface area contributed by atoms with E-state index in [-0.39, 0.29) is 0 Å². The fourth-order valence-corrected chi connectivity index (χ4v) is 1.30. The van der Waals surface area contributed by atoms with Gasteiger partial charge in [0.05, 0.1) is 0 Å². The van der Waals surface area contributed by atoms with Crippen molar-refractivity contribution in [2.24, 2.45) is 5.41 Å². The van der Waals surface area contributed by atoms with Gasteiger partial charge >= 0.3 is 24.7 Å². The molecule has 0 atom stereocenters. The van der Waals surface area contributed by atoms with Gasteiger partial charge in [0.25, 0.3) is 5.60 Å². The molecule has 0 spiro atoms. The molecule has 0 aliphatic rings. The van der Waals surface area contributed by atoms with Crippen molar-refractivity contribution in [3.05, 3.63) is 0 Å². The van der Waals surface area contributed by atoms with Crippen LogP contribution in [0.2, 0.25) is 0 Å². The summed E-state index contributed by atoms with van der Waals surface area (Å²) in [7, 11) is 0. The lowest BCUT2D eigenvalue weighted by molar-refractivity contribution is -0.480. The van der Waals surface area contributed by atoms with Crippen LogP contribution in [0.1, 0.15) is 6.92 Å². The van der Waals surface area contributed by atoms with Gasteiger partial charge in [-0.25, -0.2) is 0 Å². The van der Waals surface area contributed by atoms with Gasteiger partial charge < -0.3 is 5.11 Å². The van der Waals surface area contributed by atoms with Crippen LogP contribution in [-0.2, 0) is 0 Å². The van der Waals surface area contributed by atoms with Crippen LogP contribution < -0.4 is 0 Å². The lowest BCUT2D eigenvalue weighted by atomic mass is 9.70. The highest BCUT2D eigenvalue weighted by Crippen LogP contribution is 2.64. The normalized spacial score (nSPS) is 16.5. The van der Waals surface area contributed by atoms with E-state index < -0.39 is 42.6 Å². The van der Waals surface area contributed by atoms with Crippen molar-refractivity contribution in [3.8, 4) is 0 Å². The number of halogens is 12. The van der Waals surface area contributed by atoms with E-state index in [2.05, 4.69) is 0 Å². The number of alkyl halides is 12. The first kappa shape index (κ1) is 19.1. The third kappa shape index (κ3) is 2.29. The molecule has 0 bridgehead atoms. The number of hydrogen-bond acceptors (Lipinski definition) is 1. The third-order valence-corrected chi connectivity index (χ3v) is 2.68. The highest BCUT2D eigenvalue weighted by Gasteiger charge is 2.91. The number of aliphatic hydroxyl groups is 1. The summed E-state index contributed by atoms with van der Waals surface area (Å²) < 4.78 is 147. The van der Waals surface area contributed by atoms with E-state index in [4.69, 9.17) is 5.11 Å². The monoisotopic (exact) mass is 332 g/mol. The van der Waals surface area contributed by atoms with Crippen LogP contribution in [0.4, 0.5) is 52.7 Å². The van der Waals surface area contributed by atoms with Crippen LogP contribution in [0.5, 0.6) is 0 Å². The zero-order valence-corrected chi connectivity index (χ0v) is 8.98. The topological polar surface area (TPSA) is 20.2 Å². The summed E-state index contributed by atoms with van der Waals surface area (Å²) in [6, 6.07) is 0. The Balaban J connectivity index is 6.71. The fourth-order valence-electron chi connectivity index (χ4n) is 1.30. The van der Waals surface area contributed by atoms with Crippen LogP contribution in [0, 0.1) is 5.41 Å². The van der Waals surface area contributed by atoms with Crippen molar-refractivity contribution >= 4 is 0 Å². The molecule has 1 nitrogen and oxygen atoms in total. The summed E-state index contributed by atoms with van der Waals surface area (Å²) in [6.07, 6.45) is -28.7. The summed E-state index contributed by atoms with van der Waals surface area (Å²) in [6.45, 7) is -1.41. The van der Waals surface area contributed by atoms with Crippen LogP contribution >= 0.6 is 0 Å². The van der Waals surface area contributed by atoms with Crippen LogP contribution in [0.25, 0.3) is 0 Å². The zero-order valence-electron chi connectivity index (χ0n) is 8.98. The lowest BCUT2D eigenvalue weighted by Gasteiger charge is -2.47. The average Bonchev–Trinajstić information content (AvgIpc) is 2.07. The van der Waals surface area contributed by atoms with Gasteiger partial charge in [0.1, 0.15) is 0 Å². The van der Waals surface area contributed by atoms with E-state index >= 15 is 0 Å². The standard InChI is InChI=1S/C7H4F12O/c1-2(4(8,9)10,5(11,12)13)3(20,6(14,15)16)7(17,18)19/h20H,1H3. The van der Waals surface area contributed by atoms with Crippen molar-refractivity contribution in [1.82, 2.24) is 0 Å². The second-order valence-electron chi connectivity index (χ2n) is 3.83. The maximum atomic E-state index is 12.3. The molecule has 0 amide bonds. The predicted octanol–water partition coefficient (Wildman–Crippen LogP) is 3.97. The molecule has 0 aromatic carbocycles. The van der Waals surface area contributed by atoms with Crippen molar-refractivity contribution in [2.45, 2.75) is 37.2 Å². The van der Waals surface area contributed by atoms with Gasteiger partial charge in [-0.05, 0) is 6.92 Å². The Hall–Kier alpha value is -0.880. The van der Waals surface area contributed by atoms with Gasteiger partial charge in [-0.3, -0.25) is 0 Å². The Morgan fingerprint density at radius 3 is 0.750 bits per heavy atom. The Bertz CT molecular complexity index is 290. The Labute approximate surface area is 102 Å². The van der Waals surface area contributed by atoms with Gasteiger partial charge in [0.2, 0.25) is 5.41 Å². The molecular formula is C7H4F12O. The Morgan fingerprint density at radius 2 is 0.700 bits per heavy atom. The van der Waals surface area contributed by atoms with E-state index in [0.29, 0.717) is 0 Å². The molecule has 0 aromatic rings. The molecule has 0 aliphatic heterocycles. The van der Waals surface area contributed by atoms with E-state index in [9.17, 15) is 52.7 Å². The first-order valence-corrected chi connectivity index (χ1v) is 4.24. The molecule has 0 aromatic heterocycles. The van der Waals surface area contributed by atoms with Crippen LogP contribution in [-0.4, -0.2) is 35.4 Å². The minimum Gasteiger partial charge on any atom is -0.373 e. The molecule has 20 heavy (non-hydrogen) atoms. The molecule has 122 valence electrons. The second-order valence-corrected chi connectivity index (χ2v) is 3.83. The van der Waals surface area contributed by atoms with Crippen molar-refractivity contribution < 1.29 is 57.8 Å². The van der Waals surface area contributed by atoms with Gasteiger partial charge in [0.15, 0.2) is 0 Å². The summed E-state index contributed by atoms with van der Waals surface area (Å²) in [5.41, 5.74) is -13.5. The smallest absolute Gasteiger partial charge is 0.373 e. The Morgan fingerprint density at radius 1 is 0.500 bits per heavy atom. The molecule has 1 N–H and O–H groups in total. The molecule has 0 rings (SSSR count). The van der Waals surface area contributed by atoms with Crippen molar-refractivity contribution in [3.63, 3.8) is 0 Å². The van der Waals surface area contributed by atoms with E-state index in [0.717, 1.165) is 0 Å². The third-order valence-electron chi connectivity index (χ3n) is 2.68. The van der Waals surface area contributed by atoms with E-state index in [1.165, 1.54) is 0 Å². The highest BCUT2D eigenvalue weighted by atomic mass is 19.4. The van der Waals surface area contributed by atoms with Crippen LogP contribution in [0.15, 0.2) is 0 Å². The second kappa shape index (κ2) is 4.31. The van der Waals surface area contributed by atoms with Crippen LogP contribution in [0.3, 0.4) is 0 Å². The van der Waals surface area contributed by atoms with E-state index in [1.807, 2.05) is 0 Å². The van der Waals surface area contributed by atoms with Gasteiger partial charge in [-0.15, -0.1) is 0 Å². The van der Waals surface area contributed by atoms with Crippen molar-refractivity contribution in [1.29, 1.82) is 0 Å². The van der Waals surface area contributed by atoms with Gasteiger partial charge in [0, 0.05) is 0 Å². The first-order valence-electron chi connectivity index (χ1n) is 4.24. The Kier molecular flexibility index (Phi) is 4.12. The lowest BCUT2D eigenvalue weighted by Crippen LogP contribution is -2.74. The molecule has 13 heteroatoms. The quantitative estimate of drug-likeness (QED) is 0.721. The molecule has 0 saturated heterocycles. The van der Waals surface area contributed by atoms with Crippen molar-refractivity contribution in [2.75, 3.05) is 0 Å². The van der Waals surface area contributed by atoms with Gasteiger partial charge in [-0.1, -0.05) is 0 Å². The maximum absolute atomic E-state index is 12.3. The fraction of sp³-hybridized carbons (Fsp3) is 1.00. The van der Waals surface area contributed by atoms with E-state index in [1.54, 1.807) is 0 Å². The molecule has 0 heterocycles. The molecule has 0 saturated carbocycles. The molecule has 0 aliphatic carbocycles. The summed E-state index contributed by atoms with van der Waals surface area (Å²) in [5, 5.41) is 8.38.